The van der Waals surface area contributed by atoms with Crippen molar-refractivity contribution in [1.29, 1.82) is 0 Å². The van der Waals surface area contributed by atoms with Crippen LogP contribution >= 0.6 is 11.8 Å². The number of aromatic nitrogens is 2. The summed E-state index contributed by atoms with van der Waals surface area (Å²) in [7, 11) is 0. The molecule has 6 heteroatoms. The van der Waals surface area contributed by atoms with Crippen LogP contribution in [0.3, 0.4) is 0 Å². The number of hydrogen-bond donors (Lipinski definition) is 0. The molecule has 2 heterocycles. The Kier molecular flexibility index (Phi) is 5.08. The van der Waals surface area contributed by atoms with Crippen molar-refractivity contribution in [2.24, 2.45) is 0 Å². The molecule has 3 aromatic carbocycles. The zero-order chi connectivity index (χ0) is 21.4. The van der Waals surface area contributed by atoms with E-state index in [9.17, 15) is 9.59 Å². The highest BCUT2D eigenvalue weighted by molar-refractivity contribution is 7.99. The van der Waals surface area contributed by atoms with Crippen LogP contribution in [0, 0.1) is 6.92 Å². The Morgan fingerprint density at radius 1 is 0.968 bits per heavy atom. The van der Waals surface area contributed by atoms with Crippen molar-refractivity contribution in [3.8, 4) is 5.69 Å². The first-order valence-corrected chi connectivity index (χ1v) is 11.2. The summed E-state index contributed by atoms with van der Waals surface area (Å²) in [5, 5.41) is 1.09. The fraction of sp³-hybridized carbons (Fsp3) is 0.160. The Labute approximate surface area is 184 Å². The summed E-state index contributed by atoms with van der Waals surface area (Å²) in [6.07, 6.45) is 0.870. The molecule has 0 fully saturated rings. The number of carbonyl (C=O) groups is 1. The predicted octanol–water partition coefficient (Wildman–Crippen LogP) is 4.38. The van der Waals surface area contributed by atoms with E-state index in [1.165, 1.54) is 17.3 Å². The Morgan fingerprint density at radius 2 is 1.68 bits per heavy atom. The molecular weight excluding hydrogens is 406 g/mol. The van der Waals surface area contributed by atoms with Gasteiger partial charge in [0.05, 0.1) is 22.3 Å². The van der Waals surface area contributed by atoms with Gasteiger partial charge in [0, 0.05) is 12.2 Å². The van der Waals surface area contributed by atoms with Gasteiger partial charge in [-0.05, 0) is 48.7 Å². The molecule has 0 saturated heterocycles. The van der Waals surface area contributed by atoms with Crippen molar-refractivity contribution in [3.05, 3.63) is 94.3 Å². The monoisotopic (exact) mass is 427 g/mol. The first-order valence-electron chi connectivity index (χ1n) is 10.2. The Morgan fingerprint density at radius 3 is 2.52 bits per heavy atom. The van der Waals surface area contributed by atoms with Gasteiger partial charge in [0.15, 0.2) is 5.16 Å². The summed E-state index contributed by atoms with van der Waals surface area (Å²) in [5.41, 5.74) is 4.45. The maximum absolute atomic E-state index is 13.4. The molecule has 1 aliphatic rings. The second-order valence-electron chi connectivity index (χ2n) is 7.55. The fourth-order valence-corrected chi connectivity index (χ4v) is 4.92. The Hall–Kier alpha value is -3.38. The summed E-state index contributed by atoms with van der Waals surface area (Å²) in [6, 6.07) is 23.1. The number of fused-ring (bicyclic) bond motifs is 2. The Balaban J connectivity index is 1.52. The minimum atomic E-state index is -0.124. The van der Waals surface area contributed by atoms with E-state index in [4.69, 9.17) is 4.98 Å². The number of amides is 1. The van der Waals surface area contributed by atoms with Crippen molar-refractivity contribution < 1.29 is 4.79 Å². The molecule has 1 amide bonds. The molecule has 154 valence electrons. The highest BCUT2D eigenvalue weighted by Gasteiger charge is 2.25. The second kappa shape index (κ2) is 8.04. The zero-order valence-electron chi connectivity index (χ0n) is 17.1. The smallest absolute Gasteiger partial charge is 0.266 e. The molecular formula is C25H21N3O2S. The van der Waals surface area contributed by atoms with Gasteiger partial charge in [-0.2, -0.15) is 0 Å². The van der Waals surface area contributed by atoms with E-state index in [1.807, 2.05) is 72.5 Å². The number of hydrogen-bond acceptors (Lipinski definition) is 4. The lowest BCUT2D eigenvalue weighted by Crippen LogP contribution is -2.31. The molecule has 0 aliphatic carbocycles. The van der Waals surface area contributed by atoms with Gasteiger partial charge in [0.2, 0.25) is 5.91 Å². The van der Waals surface area contributed by atoms with Crippen LogP contribution in [-0.2, 0) is 11.2 Å². The molecule has 0 atom stereocenters. The van der Waals surface area contributed by atoms with Gasteiger partial charge >= 0.3 is 0 Å². The lowest BCUT2D eigenvalue weighted by Gasteiger charge is -2.18. The third-order valence-electron chi connectivity index (χ3n) is 5.61. The van der Waals surface area contributed by atoms with Crippen LogP contribution in [0.25, 0.3) is 16.6 Å². The molecule has 0 spiro atoms. The maximum atomic E-state index is 13.4. The van der Waals surface area contributed by atoms with Crippen molar-refractivity contribution in [2.75, 3.05) is 17.2 Å². The maximum Gasteiger partial charge on any atom is 0.266 e. The van der Waals surface area contributed by atoms with E-state index in [2.05, 4.69) is 6.07 Å². The molecule has 1 aromatic heterocycles. The fourth-order valence-electron chi connectivity index (χ4n) is 4.04. The minimum absolute atomic E-state index is 0.0219. The van der Waals surface area contributed by atoms with Crippen LogP contribution in [0.15, 0.2) is 82.7 Å². The molecule has 5 rings (SSSR count). The van der Waals surface area contributed by atoms with E-state index in [1.54, 1.807) is 10.6 Å². The average molecular weight is 428 g/mol. The van der Waals surface area contributed by atoms with Crippen LogP contribution in [0.1, 0.15) is 11.1 Å². The zero-order valence-corrected chi connectivity index (χ0v) is 17.9. The molecule has 0 N–H and O–H groups in total. The molecule has 0 radical (unpaired) electrons. The van der Waals surface area contributed by atoms with Crippen molar-refractivity contribution in [3.63, 3.8) is 0 Å². The third-order valence-corrected chi connectivity index (χ3v) is 6.54. The normalized spacial score (nSPS) is 12.9. The molecule has 31 heavy (non-hydrogen) atoms. The largest absolute Gasteiger partial charge is 0.311 e. The van der Waals surface area contributed by atoms with Gasteiger partial charge in [-0.15, -0.1) is 0 Å². The van der Waals surface area contributed by atoms with Crippen molar-refractivity contribution in [1.82, 2.24) is 9.55 Å². The summed E-state index contributed by atoms with van der Waals surface area (Å²) >= 11 is 1.31. The Bertz CT molecular complexity index is 1360. The minimum Gasteiger partial charge on any atom is -0.311 e. The number of aryl methyl sites for hydroxylation is 1. The first kappa shape index (κ1) is 19.6. The van der Waals surface area contributed by atoms with Gasteiger partial charge in [-0.3, -0.25) is 14.2 Å². The van der Waals surface area contributed by atoms with Crippen LogP contribution in [0.5, 0.6) is 0 Å². The average Bonchev–Trinajstić information content (AvgIpc) is 3.23. The van der Waals surface area contributed by atoms with Crippen LogP contribution in [-0.4, -0.2) is 27.8 Å². The summed E-state index contributed by atoms with van der Waals surface area (Å²) in [4.78, 5) is 33.0. The second-order valence-corrected chi connectivity index (χ2v) is 8.49. The van der Waals surface area contributed by atoms with E-state index >= 15 is 0 Å². The molecule has 5 nitrogen and oxygen atoms in total. The van der Waals surface area contributed by atoms with E-state index in [0.717, 1.165) is 23.4 Å². The number of rotatable bonds is 4. The molecule has 4 aromatic rings. The number of thioether (sulfide) groups is 1. The van der Waals surface area contributed by atoms with Crippen LogP contribution in [0.4, 0.5) is 5.69 Å². The third kappa shape index (κ3) is 3.53. The van der Waals surface area contributed by atoms with Gasteiger partial charge in [-0.1, -0.05) is 60.3 Å². The molecule has 0 bridgehead atoms. The molecule has 0 unspecified atom stereocenters. The molecule has 0 saturated carbocycles. The number of nitrogens with zero attached hydrogens (tertiary/aromatic N) is 3. The highest BCUT2D eigenvalue weighted by atomic mass is 32.2. The highest BCUT2D eigenvalue weighted by Crippen LogP contribution is 2.29. The van der Waals surface area contributed by atoms with Crippen LogP contribution < -0.4 is 10.5 Å². The quantitative estimate of drug-likeness (QED) is 0.358. The van der Waals surface area contributed by atoms with Gasteiger partial charge in [-0.25, -0.2) is 4.98 Å². The number of carbonyl (C=O) groups excluding carboxylic acids is 1. The van der Waals surface area contributed by atoms with Crippen LogP contribution in [0.2, 0.25) is 0 Å². The van der Waals surface area contributed by atoms with E-state index in [-0.39, 0.29) is 17.2 Å². The van der Waals surface area contributed by atoms with Gasteiger partial charge in [0.1, 0.15) is 0 Å². The van der Waals surface area contributed by atoms with E-state index < -0.39 is 0 Å². The SMILES string of the molecule is Cc1ccccc1-n1c(SCC(=O)N2CCc3ccccc32)nc2ccccc2c1=O. The molecule has 1 aliphatic heterocycles. The topological polar surface area (TPSA) is 55.2 Å². The lowest BCUT2D eigenvalue weighted by molar-refractivity contribution is -0.116. The van der Waals surface area contributed by atoms with Gasteiger partial charge < -0.3 is 4.90 Å². The van der Waals surface area contributed by atoms with Gasteiger partial charge in [0.25, 0.3) is 5.56 Å². The van der Waals surface area contributed by atoms with E-state index in [0.29, 0.717) is 22.6 Å². The summed E-state index contributed by atoms with van der Waals surface area (Å²) in [5.74, 6) is 0.235. The lowest BCUT2D eigenvalue weighted by atomic mass is 10.2. The summed E-state index contributed by atoms with van der Waals surface area (Å²) in [6.45, 7) is 2.66. The van der Waals surface area contributed by atoms with Crippen molar-refractivity contribution >= 4 is 34.3 Å². The number of anilines is 1. The van der Waals surface area contributed by atoms with Crippen molar-refractivity contribution in [2.45, 2.75) is 18.5 Å². The predicted molar refractivity (Wildman–Crippen MR) is 125 cm³/mol. The summed E-state index contributed by atoms with van der Waals surface area (Å²) < 4.78 is 1.63. The first-order chi connectivity index (χ1) is 15.1. The number of benzene rings is 3. The standard InChI is InChI=1S/C25H21N3O2S/c1-17-8-2-6-12-21(17)28-24(30)19-10-4-5-11-20(19)26-25(28)31-16-23(29)27-15-14-18-9-3-7-13-22(18)27/h2-13H,14-16H2,1H3. The number of para-hydroxylation sites is 3.